The molecule has 2 fully saturated rings. The van der Waals surface area contributed by atoms with Crippen molar-refractivity contribution >= 4 is 0 Å². The summed E-state index contributed by atoms with van der Waals surface area (Å²) in [7, 11) is 0. The molecule has 0 aromatic heterocycles. The van der Waals surface area contributed by atoms with E-state index in [1.54, 1.807) is 0 Å². The molecule has 118 valence electrons. The summed E-state index contributed by atoms with van der Waals surface area (Å²) in [5.74, 6) is 1.61. The van der Waals surface area contributed by atoms with Crippen LogP contribution in [0.4, 0.5) is 0 Å². The molecule has 2 N–H and O–H groups in total. The molecule has 2 aliphatic rings. The van der Waals surface area contributed by atoms with E-state index in [1.807, 2.05) is 0 Å². The second kappa shape index (κ2) is 6.79. The molecule has 1 atom stereocenters. The van der Waals surface area contributed by atoms with Crippen LogP contribution in [0.15, 0.2) is 0 Å². The van der Waals surface area contributed by atoms with Gasteiger partial charge < -0.3 is 10.6 Å². The van der Waals surface area contributed by atoms with Gasteiger partial charge in [0.25, 0.3) is 0 Å². The highest BCUT2D eigenvalue weighted by atomic mass is 15.0. The highest BCUT2D eigenvalue weighted by molar-refractivity contribution is 4.94. The number of rotatable bonds is 7. The fraction of sp³-hybridized carbons (Fsp3) is 1.00. The molecule has 0 aromatic carbocycles. The molecule has 0 bridgehead atoms. The molecular formula is C18H36N2. The first-order valence-electron chi connectivity index (χ1n) is 8.90. The van der Waals surface area contributed by atoms with Crippen LogP contribution in [-0.2, 0) is 0 Å². The fourth-order valence-corrected chi connectivity index (χ4v) is 4.63. The topological polar surface area (TPSA) is 24.1 Å². The van der Waals surface area contributed by atoms with E-state index in [1.165, 1.54) is 64.7 Å². The van der Waals surface area contributed by atoms with Gasteiger partial charge in [-0.25, -0.2) is 0 Å². The highest BCUT2D eigenvalue weighted by Gasteiger charge is 2.38. The smallest absolute Gasteiger partial charge is 0.00232 e. The lowest BCUT2D eigenvalue weighted by Gasteiger charge is -2.36. The van der Waals surface area contributed by atoms with Crippen molar-refractivity contribution in [2.75, 3.05) is 26.2 Å². The van der Waals surface area contributed by atoms with Gasteiger partial charge in [0, 0.05) is 19.6 Å². The molecule has 1 aliphatic carbocycles. The summed E-state index contributed by atoms with van der Waals surface area (Å²) in [6, 6.07) is 0. The summed E-state index contributed by atoms with van der Waals surface area (Å²) < 4.78 is 0. The van der Waals surface area contributed by atoms with Gasteiger partial charge in [0.1, 0.15) is 0 Å². The lowest BCUT2D eigenvalue weighted by atomic mass is 9.75. The van der Waals surface area contributed by atoms with Gasteiger partial charge in [0.2, 0.25) is 0 Å². The maximum absolute atomic E-state index is 3.90. The second-order valence-corrected chi connectivity index (χ2v) is 8.35. The molecule has 0 radical (unpaired) electrons. The van der Waals surface area contributed by atoms with Crippen LogP contribution in [-0.4, -0.2) is 26.2 Å². The molecule has 20 heavy (non-hydrogen) atoms. The second-order valence-electron chi connectivity index (χ2n) is 8.35. The zero-order chi connectivity index (χ0) is 14.6. The van der Waals surface area contributed by atoms with E-state index in [9.17, 15) is 0 Å². The summed E-state index contributed by atoms with van der Waals surface area (Å²) in [5.41, 5.74) is 1.11. The van der Waals surface area contributed by atoms with E-state index >= 15 is 0 Å². The Labute approximate surface area is 126 Å². The standard InChI is InChI=1S/C18H36N2/c1-15(2)11-17(7-5-6-8-17)12-20-14-18(16(3)4)9-10-19-13-18/h15-16,19-20H,5-14H2,1-4H3. The molecule has 2 rings (SSSR count). The van der Waals surface area contributed by atoms with Gasteiger partial charge in [-0.15, -0.1) is 0 Å². The Morgan fingerprint density at radius 3 is 2.20 bits per heavy atom. The van der Waals surface area contributed by atoms with Gasteiger partial charge in [-0.2, -0.15) is 0 Å². The molecule has 0 aromatic rings. The Hall–Kier alpha value is -0.0800. The van der Waals surface area contributed by atoms with Crippen LogP contribution in [0.3, 0.4) is 0 Å². The molecule has 0 amide bonds. The Morgan fingerprint density at radius 2 is 1.70 bits per heavy atom. The van der Waals surface area contributed by atoms with Gasteiger partial charge in [-0.1, -0.05) is 40.5 Å². The number of nitrogens with one attached hydrogen (secondary N) is 2. The normalized spacial score (nSPS) is 29.7. The monoisotopic (exact) mass is 280 g/mol. The maximum Gasteiger partial charge on any atom is 0.00232 e. The van der Waals surface area contributed by atoms with E-state index < -0.39 is 0 Å². The number of hydrogen-bond donors (Lipinski definition) is 2. The average molecular weight is 280 g/mol. The predicted molar refractivity (Wildman–Crippen MR) is 88.0 cm³/mol. The highest BCUT2D eigenvalue weighted by Crippen LogP contribution is 2.43. The van der Waals surface area contributed by atoms with Crippen molar-refractivity contribution < 1.29 is 0 Å². The van der Waals surface area contributed by atoms with Crippen LogP contribution in [0, 0.1) is 22.7 Å². The SMILES string of the molecule is CC(C)CC1(CNCC2(C(C)C)CCNC2)CCCC1. The Balaban J connectivity index is 1.86. The van der Waals surface area contributed by atoms with Crippen LogP contribution in [0.2, 0.25) is 0 Å². The Bertz CT molecular complexity index is 284. The van der Waals surface area contributed by atoms with Gasteiger partial charge in [-0.3, -0.25) is 0 Å². The third-order valence-electron chi connectivity index (χ3n) is 5.98. The summed E-state index contributed by atoms with van der Waals surface area (Å²) in [4.78, 5) is 0. The summed E-state index contributed by atoms with van der Waals surface area (Å²) in [6.45, 7) is 14.4. The first-order valence-corrected chi connectivity index (χ1v) is 8.90. The molecular weight excluding hydrogens is 244 g/mol. The van der Waals surface area contributed by atoms with Gasteiger partial charge in [0.15, 0.2) is 0 Å². The maximum atomic E-state index is 3.90. The fourth-order valence-electron chi connectivity index (χ4n) is 4.63. The van der Waals surface area contributed by atoms with Crippen LogP contribution in [0.5, 0.6) is 0 Å². The average Bonchev–Trinajstić information content (AvgIpc) is 2.99. The van der Waals surface area contributed by atoms with Crippen molar-refractivity contribution in [1.29, 1.82) is 0 Å². The lowest BCUT2D eigenvalue weighted by Crippen LogP contribution is -2.44. The predicted octanol–water partition coefficient (Wildman–Crippen LogP) is 3.82. The van der Waals surface area contributed by atoms with Crippen LogP contribution in [0.25, 0.3) is 0 Å². The molecule has 2 nitrogen and oxygen atoms in total. The van der Waals surface area contributed by atoms with Crippen LogP contribution >= 0.6 is 0 Å². The third kappa shape index (κ3) is 3.76. The van der Waals surface area contributed by atoms with Gasteiger partial charge in [-0.05, 0) is 54.9 Å². The molecule has 2 heteroatoms. The quantitative estimate of drug-likeness (QED) is 0.741. The molecule has 1 aliphatic heterocycles. The Morgan fingerprint density at radius 1 is 1.00 bits per heavy atom. The van der Waals surface area contributed by atoms with Crippen molar-refractivity contribution in [2.45, 2.75) is 66.2 Å². The lowest BCUT2D eigenvalue weighted by molar-refractivity contribution is 0.174. The zero-order valence-electron chi connectivity index (χ0n) is 14.2. The molecule has 0 spiro atoms. The van der Waals surface area contributed by atoms with Crippen molar-refractivity contribution in [3.8, 4) is 0 Å². The molecule has 1 saturated heterocycles. The largest absolute Gasteiger partial charge is 0.316 e. The molecule has 1 saturated carbocycles. The molecule has 1 heterocycles. The summed E-state index contributed by atoms with van der Waals surface area (Å²) in [5, 5.41) is 7.47. The van der Waals surface area contributed by atoms with Crippen LogP contribution < -0.4 is 10.6 Å². The summed E-state index contributed by atoms with van der Waals surface area (Å²) in [6.07, 6.45) is 8.55. The van der Waals surface area contributed by atoms with E-state index in [0.717, 1.165) is 11.8 Å². The first-order chi connectivity index (χ1) is 9.48. The minimum atomic E-state index is 0.498. The van der Waals surface area contributed by atoms with Crippen molar-refractivity contribution in [1.82, 2.24) is 10.6 Å². The van der Waals surface area contributed by atoms with E-state index in [-0.39, 0.29) is 0 Å². The Kier molecular flexibility index (Phi) is 5.53. The van der Waals surface area contributed by atoms with Gasteiger partial charge in [0.05, 0.1) is 0 Å². The van der Waals surface area contributed by atoms with E-state index in [0.29, 0.717) is 10.8 Å². The number of hydrogen-bond acceptors (Lipinski definition) is 2. The van der Waals surface area contributed by atoms with Crippen molar-refractivity contribution in [3.05, 3.63) is 0 Å². The van der Waals surface area contributed by atoms with Gasteiger partial charge >= 0.3 is 0 Å². The van der Waals surface area contributed by atoms with Crippen LogP contribution in [0.1, 0.15) is 66.2 Å². The molecule has 1 unspecified atom stereocenters. The van der Waals surface area contributed by atoms with Crippen molar-refractivity contribution in [2.24, 2.45) is 22.7 Å². The minimum absolute atomic E-state index is 0.498. The van der Waals surface area contributed by atoms with E-state index in [4.69, 9.17) is 0 Å². The zero-order valence-corrected chi connectivity index (χ0v) is 14.2. The third-order valence-corrected chi connectivity index (χ3v) is 5.98. The van der Waals surface area contributed by atoms with Crippen molar-refractivity contribution in [3.63, 3.8) is 0 Å². The summed E-state index contributed by atoms with van der Waals surface area (Å²) >= 11 is 0. The minimum Gasteiger partial charge on any atom is -0.316 e. The van der Waals surface area contributed by atoms with E-state index in [2.05, 4.69) is 38.3 Å². The first kappa shape index (κ1) is 16.3.